The zero-order valence-electron chi connectivity index (χ0n) is 13.8. The molecule has 0 atom stereocenters. The van der Waals surface area contributed by atoms with Crippen molar-refractivity contribution in [2.45, 2.75) is 0 Å². The molecule has 149 valence electrons. The monoisotopic (exact) mass is 558 g/mol. The van der Waals surface area contributed by atoms with Crippen molar-refractivity contribution >= 4 is 38.1 Å². The Bertz CT molecular complexity index is 845. The topological polar surface area (TPSA) is 132 Å². The van der Waals surface area contributed by atoms with Gasteiger partial charge in [-0.1, -0.05) is 49.7 Å². The smallest absolute Gasteiger partial charge is 0.871 e. The molecule has 0 saturated heterocycles. The van der Waals surface area contributed by atoms with Gasteiger partial charge in [-0.25, -0.2) is 0 Å². The number of rotatable bonds is 2. The molecule has 0 unspecified atom stereocenters. The molecule has 0 saturated carbocycles. The minimum atomic E-state index is -1.75. The van der Waals surface area contributed by atoms with E-state index in [0.717, 1.165) is 11.4 Å². The molecular formula is C17H11Br2CuN3O5. The van der Waals surface area contributed by atoms with Crippen molar-refractivity contribution in [1.29, 1.82) is 0 Å². The van der Waals surface area contributed by atoms with Gasteiger partial charge in [-0.2, -0.15) is 0 Å². The van der Waals surface area contributed by atoms with Gasteiger partial charge < -0.3 is 20.4 Å². The fraction of sp³-hybridized carbons (Fsp3) is 0. The summed E-state index contributed by atoms with van der Waals surface area (Å²) >= 11 is 6.20. The Morgan fingerprint density at radius 2 is 1.39 bits per heavy atom. The first-order valence-electron chi connectivity index (χ1n) is 7.10. The van der Waals surface area contributed by atoms with Crippen LogP contribution in [0, 0.1) is 15.3 Å². The van der Waals surface area contributed by atoms with Crippen LogP contribution >= 0.6 is 31.9 Å². The van der Waals surface area contributed by atoms with Gasteiger partial charge in [0, 0.05) is 26.9 Å². The summed E-state index contributed by atoms with van der Waals surface area (Å²) in [6.07, 6.45) is 4.08. The third-order valence-corrected chi connectivity index (χ3v) is 3.80. The SMILES string of the molecule is O=Cc1cc(Br)cc(Br)c1[O-].O=[N+]([O-])[O-].[Cu+2].c1ccc(-c2ccccn2)nc1. The number of hydrogen-bond acceptors (Lipinski definition) is 7. The zero-order chi connectivity index (χ0) is 20.2. The van der Waals surface area contributed by atoms with Crippen LogP contribution in [0.3, 0.4) is 0 Å². The standard InChI is InChI=1S/C10H8N2.C7H4Br2O2.Cu.NO3/c1-3-7-11-9(5-1)10-6-2-4-8-12-10;8-5-1-4(3-10)7(11)6(9)2-5;;2-1(3)4/h1-8H;1-3,11H;;/q;;+2;-1/p-1. The van der Waals surface area contributed by atoms with E-state index in [9.17, 15) is 9.90 Å². The average molecular weight is 561 g/mol. The van der Waals surface area contributed by atoms with Crippen molar-refractivity contribution in [3.8, 4) is 17.1 Å². The van der Waals surface area contributed by atoms with E-state index >= 15 is 0 Å². The number of aldehydes is 1. The van der Waals surface area contributed by atoms with Gasteiger partial charge in [0.15, 0.2) is 0 Å². The molecule has 1 aromatic carbocycles. The van der Waals surface area contributed by atoms with Crippen LogP contribution in [0.1, 0.15) is 10.4 Å². The van der Waals surface area contributed by atoms with Crippen molar-refractivity contribution in [2.75, 3.05) is 0 Å². The summed E-state index contributed by atoms with van der Waals surface area (Å²) in [6.45, 7) is 0. The second-order valence-corrected chi connectivity index (χ2v) is 6.35. The Labute approximate surface area is 187 Å². The van der Waals surface area contributed by atoms with E-state index in [1.165, 1.54) is 6.07 Å². The first kappa shape index (κ1) is 25.7. The summed E-state index contributed by atoms with van der Waals surface area (Å²) in [5, 5.41) is 25.8. The molecule has 0 spiro atoms. The van der Waals surface area contributed by atoms with Crippen LogP contribution in [0.25, 0.3) is 11.4 Å². The molecule has 0 amide bonds. The molecule has 0 aliphatic carbocycles. The summed E-state index contributed by atoms with van der Waals surface area (Å²) in [4.78, 5) is 26.9. The van der Waals surface area contributed by atoms with Crippen molar-refractivity contribution in [3.63, 3.8) is 0 Å². The van der Waals surface area contributed by atoms with Crippen LogP contribution in [0.4, 0.5) is 0 Å². The first-order valence-corrected chi connectivity index (χ1v) is 8.69. The van der Waals surface area contributed by atoms with Gasteiger partial charge in [0.25, 0.3) is 0 Å². The molecule has 0 aliphatic heterocycles. The predicted octanol–water partition coefficient (Wildman–Crippen LogP) is 4.00. The molecule has 1 radical (unpaired) electrons. The van der Waals surface area contributed by atoms with E-state index in [4.69, 9.17) is 15.3 Å². The van der Waals surface area contributed by atoms with Crippen LogP contribution in [0.5, 0.6) is 5.75 Å². The second kappa shape index (κ2) is 13.8. The van der Waals surface area contributed by atoms with Gasteiger partial charge >= 0.3 is 17.1 Å². The number of aromatic nitrogens is 2. The first-order chi connectivity index (χ1) is 12.8. The Balaban J connectivity index is 0.000000428. The maximum Gasteiger partial charge on any atom is 2.00 e. The van der Waals surface area contributed by atoms with Crippen LogP contribution in [0.2, 0.25) is 0 Å². The third kappa shape index (κ3) is 9.56. The number of benzene rings is 1. The number of pyridine rings is 2. The normalized spacial score (nSPS) is 8.79. The van der Waals surface area contributed by atoms with E-state index in [-0.39, 0.29) is 28.4 Å². The van der Waals surface area contributed by atoms with Gasteiger partial charge in [0.2, 0.25) is 0 Å². The van der Waals surface area contributed by atoms with E-state index in [2.05, 4.69) is 41.8 Å². The Kier molecular flexibility index (Phi) is 12.6. The Hall–Kier alpha value is -2.33. The summed E-state index contributed by atoms with van der Waals surface area (Å²) in [5.41, 5.74) is 1.99. The molecule has 0 fully saturated rings. The van der Waals surface area contributed by atoms with Crippen molar-refractivity contribution in [2.24, 2.45) is 0 Å². The van der Waals surface area contributed by atoms with Gasteiger partial charge in [0.05, 0.1) is 16.5 Å². The van der Waals surface area contributed by atoms with Gasteiger partial charge in [0.1, 0.15) is 6.29 Å². The number of carbonyl (C=O) groups is 1. The van der Waals surface area contributed by atoms with Gasteiger partial charge in [-0.3, -0.25) is 14.8 Å². The summed E-state index contributed by atoms with van der Waals surface area (Å²) in [6, 6.07) is 14.7. The maximum absolute atomic E-state index is 11.1. The molecule has 11 heteroatoms. The predicted molar refractivity (Wildman–Crippen MR) is 105 cm³/mol. The molecule has 2 heterocycles. The van der Waals surface area contributed by atoms with Gasteiger partial charge in [-0.05, 0) is 36.4 Å². The van der Waals surface area contributed by atoms with Crippen LogP contribution in [0.15, 0.2) is 69.9 Å². The average Bonchev–Trinajstić information content (AvgIpc) is 2.66. The molecule has 0 aliphatic rings. The Morgan fingerprint density at radius 3 is 1.75 bits per heavy atom. The minimum absolute atomic E-state index is 0. The van der Waals surface area contributed by atoms with E-state index in [1.54, 1.807) is 18.5 Å². The summed E-state index contributed by atoms with van der Waals surface area (Å²) in [5.74, 6) is -0.275. The minimum Gasteiger partial charge on any atom is -0.871 e. The molecule has 0 N–H and O–H groups in total. The van der Waals surface area contributed by atoms with Crippen LogP contribution in [-0.4, -0.2) is 21.3 Å². The fourth-order valence-corrected chi connectivity index (χ4v) is 2.95. The van der Waals surface area contributed by atoms with Crippen LogP contribution in [-0.2, 0) is 17.1 Å². The quantitative estimate of drug-likeness (QED) is 0.200. The van der Waals surface area contributed by atoms with Crippen molar-refractivity contribution in [3.05, 3.63) is 90.8 Å². The molecular weight excluding hydrogens is 550 g/mol. The van der Waals surface area contributed by atoms with E-state index in [0.29, 0.717) is 15.2 Å². The number of halogens is 2. The Morgan fingerprint density at radius 1 is 0.929 bits per heavy atom. The second-order valence-electron chi connectivity index (χ2n) is 4.58. The molecule has 2 aromatic heterocycles. The summed E-state index contributed by atoms with van der Waals surface area (Å²) in [7, 11) is 0. The molecule has 3 aromatic rings. The molecule has 28 heavy (non-hydrogen) atoms. The van der Waals surface area contributed by atoms with E-state index < -0.39 is 5.09 Å². The number of nitrogens with zero attached hydrogens (tertiary/aromatic N) is 3. The third-order valence-electron chi connectivity index (χ3n) is 2.76. The summed E-state index contributed by atoms with van der Waals surface area (Å²) < 4.78 is 1.11. The van der Waals surface area contributed by atoms with E-state index in [1.807, 2.05) is 36.4 Å². The zero-order valence-corrected chi connectivity index (χ0v) is 17.9. The largest absolute Gasteiger partial charge is 2.00 e. The number of hydrogen-bond donors (Lipinski definition) is 0. The molecule has 0 bridgehead atoms. The van der Waals surface area contributed by atoms with Crippen LogP contribution < -0.4 is 5.11 Å². The maximum atomic E-state index is 11.1. The molecule has 3 rings (SSSR count). The van der Waals surface area contributed by atoms with Gasteiger partial charge in [-0.15, -0.1) is 0 Å². The van der Waals surface area contributed by atoms with Crippen molar-refractivity contribution < 1.29 is 32.1 Å². The number of carbonyl (C=O) groups excluding carboxylic acids is 1. The fourth-order valence-electron chi connectivity index (χ4n) is 1.70. The van der Waals surface area contributed by atoms with Crippen molar-refractivity contribution in [1.82, 2.24) is 9.97 Å². The molecule has 8 nitrogen and oxygen atoms in total.